The standard InChI is InChI=1S/C21H22F5N7O3/c22-18(23)14-12-33(15-11-29-30-19(35)17(14)15)6-8-36-7-1-16(34)31-2-4-32(5-3-31)20-27-9-13(10-28-20)21(24,25)26/h9-12,18H,1-8H2,(H,30,35). The molecule has 1 aliphatic heterocycles. The molecule has 0 bridgehead atoms. The predicted octanol–water partition coefficient (Wildman–Crippen LogP) is 2.23. The number of H-pyrrole nitrogens is 1. The zero-order valence-electron chi connectivity index (χ0n) is 18.8. The molecule has 10 nitrogen and oxygen atoms in total. The van der Waals surface area contributed by atoms with Gasteiger partial charge in [-0.1, -0.05) is 0 Å². The van der Waals surface area contributed by atoms with Crippen LogP contribution >= 0.6 is 0 Å². The maximum atomic E-state index is 13.3. The highest BCUT2D eigenvalue weighted by Gasteiger charge is 2.32. The van der Waals surface area contributed by atoms with E-state index in [-0.39, 0.29) is 54.5 Å². The van der Waals surface area contributed by atoms with Crippen molar-refractivity contribution >= 4 is 22.8 Å². The summed E-state index contributed by atoms with van der Waals surface area (Å²) in [6.45, 7) is 1.89. The molecule has 1 fully saturated rings. The van der Waals surface area contributed by atoms with E-state index >= 15 is 0 Å². The number of nitrogens with zero attached hydrogens (tertiary/aromatic N) is 6. The van der Waals surface area contributed by atoms with E-state index in [1.165, 1.54) is 17.0 Å². The summed E-state index contributed by atoms with van der Waals surface area (Å²) in [7, 11) is 0. The molecule has 194 valence electrons. The summed E-state index contributed by atoms with van der Waals surface area (Å²) in [5.41, 5.74) is -1.74. The van der Waals surface area contributed by atoms with Crippen LogP contribution in [0, 0.1) is 0 Å². The van der Waals surface area contributed by atoms with Gasteiger partial charge in [-0.05, 0) is 0 Å². The fraction of sp³-hybridized carbons (Fsp3) is 0.476. The lowest BCUT2D eigenvalue weighted by Gasteiger charge is -2.34. The van der Waals surface area contributed by atoms with Crippen molar-refractivity contribution in [3.05, 3.63) is 46.3 Å². The van der Waals surface area contributed by atoms with Gasteiger partial charge in [0.15, 0.2) is 0 Å². The topological polar surface area (TPSA) is 109 Å². The Morgan fingerprint density at radius 1 is 1.08 bits per heavy atom. The van der Waals surface area contributed by atoms with Gasteiger partial charge in [0, 0.05) is 56.9 Å². The minimum atomic E-state index is -4.51. The van der Waals surface area contributed by atoms with Crippen LogP contribution in [0.2, 0.25) is 0 Å². The van der Waals surface area contributed by atoms with E-state index in [2.05, 4.69) is 20.2 Å². The molecule has 36 heavy (non-hydrogen) atoms. The van der Waals surface area contributed by atoms with Gasteiger partial charge in [-0.15, -0.1) is 0 Å². The van der Waals surface area contributed by atoms with E-state index in [1.54, 1.807) is 9.80 Å². The largest absolute Gasteiger partial charge is 0.419 e. The first-order valence-corrected chi connectivity index (χ1v) is 11.0. The molecule has 15 heteroatoms. The van der Waals surface area contributed by atoms with Crippen LogP contribution in [0.3, 0.4) is 0 Å². The van der Waals surface area contributed by atoms with Crippen molar-refractivity contribution in [2.75, 3.05) is 44.3 Å². The van der Waals surface area contributed by atoms with Gasteiger partial charge in [0.25, 0.3) is 12.0 Å². The van der Waals surface area contributed by atoms with Gasteiger partial charge in [-0.2, -0.15) is 18.3 Å². The number of carbonyl (C=O) groups excluding carboxylic acids is 1. The molecule has 1 amide bonds. The summed E-state index contributed by atoms with van der Waals surface area (Å²) in [6, 6.07) is 0. The number of ether oxygens (including phenoxy) is 1. The molecule has 3 aromatic heterocycles. The van der Waals surface area contributed by atoms with Crippen LogP contribution in [-0.4, -0.2) is 74.9 Å². The first kappa shape index (κ1) is 25.5. The minimum absolute atomic E-state index is 0.104. The number of fused-ring (bicyclic) bond motifs is 1. The summed E-state index contributed by atoms with van der Waals surface area (Å²) in [5, 5.41) is 5.68. The van der Waals surface area contributed by atoms with E-state index in [0.717, 1.165) is 12.4 Å². The number of piperazine rings is 1. The predicted molar refractivity (Wildman–Crippen MR) is 117 cm³/mol. The number of hydrogen-bond acceptors (Lipinski definition) is 7. The molecular weight excluding hydrogens is 493 g/mol. The monoisotopic (exact) mass is 515 g/mol. The van der Waals surface area contributed by atoms with Crippen molar-refractivity contribution < 1.29 is 31.5 Å². The molecule has 4 rings (SSSR count). The van der Waals surface area contributed by atoms with E-state index < -0.39 is 23.7 Å². The van der Waals surface area contributed by atoms with Gasteiger partial charge >= 0.3 is 6.18 Å². The number of rotatable bonds is 8. The summed E-state index contributed by atoms with van der Waals surface area (Å²) >= 11 is 0. The van der Waals surface area contributed by atoms with Crippen LogP contribution < -0.4 is 10.5 Å². The van der Waals surface area contributed by atoms with Gasteiger partial charge in [0.1, 0.15) is 0 Å². The fourth-order valence-corrected chi connectivity index (χ4v) is 3.91. The van der Waals surface area contributed by atoms with E-state index in [1.807, 2.05) is 0 Å². The lowest BCUT2D eigenvalue weighted by molar-refractivity contribution is -0.138. The van der Waals surface area contributed by atoms with Crippen LogP contribution in [0.25, 0.3) is 10.9 Å². The Hall–Kier alpha value is -3.62. The number of amides is 1. The number of anilines is 1. The zero-order valence-corrected chi connectivity index (χ0v) is 18.8. The normalized spacial score (nSPS) is 14.7. The Morgan fingerprint density at radius 3 is 2.42 bits per heavy atom. The van der Waals surface area contributed by atoms with E-state index in [0.29, 0.717) is 26.2 Å². The van der Waals surface area contributed by atoms with Crippen molar-refractivity contribution in [1.29, 1.82) is 0 Å². The van der Waals surface area contributed by atoms with Crippen molar-refractivity contribution in [1.82, 2.24) is 29.6 Å². The third kappa shape index (κ3) is 5.61. The molecule has 0 saturated carbocycles. The fourth-order valence-electron chi connectivity index (χ4n) is 3.91. The lowest BCUT2D eigenvalue weighted by atomic mass is 10.2. The van der Waals surface area contributed by atoms with Crippen LogP contribution in [-0.2, 0) is 22.3 Å². The van der Waals surface area contributed by atoms with Crippen LogP contribution in [0.15, 0.2) is 29.6 Å². The van der Waals surface area contributed by atoms with E-state index in [4.69, 9.17) is 4.74 Å². The summed E-state index contributed by atoms with van der Waals surface area (Å²) in [6.07, 6.45) is -3.27. The quantitative estimate of drug-likeness (QED) is 0.362. The highest BCUT2D eigenvalue weighted by atomic mass is 19.4. The number of aromatic nitrogens is 5. The van der Waals surface area contributed by atoms with Gasteiger partial charge < -0.3 is 19.1 Å². The second kappa shape index (κ2) is 10.6. The number of aromatic amines is 1. The second-order valence-corrected chi connectivity index (χ2v) is 8.04. The molecule has 0 atom stereocenters. The smallest absolute Gasteiger partial charge is 0.379 e. The van der Waals surface area contributed by atoms with Crippen molar-refractivity contribution in [2.45, 2.75) is 25.6 Å². The average molecular weight is 515 g/mol. The first-order chi connectivity index (χ1) is 17.1. The summed E-state index contributed by atoms with van der Waals surface area (Å²) in [5.74, 6) is 0.0216. The summed E-state index contributed by atoms with van der Waals surface area (Å²) < 4.78 is 71.5. The van der Waals surface area contributed by atoms with Crippen molar-refractivity contribution in [3.8, 4) is 0 Å². The van der Waals surface area contributed by atoms with Crippen LogP contribution in [0.5, 0.6) is 0 Å². The van der Waals surface area contributed by atoms with Crippen molar-refractivity contribution in [3.63, 3.8) is 0 Å². The number of nitrogens with one attached hydrogen (secondary N) is 1. The van der Waals surface area contributed by atoms with Crippen molar-refractivity contribution in [2.24, 2.45) is 0 Å². The first-order valence-electron chi connectivity index (χ1n) is 11.0. The number of halogens is 5. The third-order valence-corrected chi connectivity index (χ3v) is 5.78. The van der Waals surface area contributed by atoms with Crippen LogP contribution in [0.1, 0.15) is 24.0 Å². The number of carbonyl (C=O) groups is 1. The molecule has 0 unspecified atom stereocenters. The van der Waals surface area contributed by atoms with Gasteiger partial charge in [-0.3, -0.25) is 9.59 Å². The highest BCUT2D eigenvalue weighted by molar-refractivity contribution is 5.82. The Morgan fingerprint density at radius 2 is 1.78 bits per heavy atom. The van der Waals surface area contributed by atoms with Gasteiger partial charge in [-0.25, -0.2) is 23.8 Å². The molecule has 4 heterocycles. The lowest BCUT2D eigenvalue weighted by Crippen LogP contribution is -2.49. The molecule has 1 saturated heterocycles. The maximum Gasteiger partial charge on any atom is 0.419 e. The third-order valence-electron chi connectivity index (χ3n) is 5.78. The zero-order chi connectivity index (χ0) is 25.9. The summed E-state index contributed by atoms with van der Waals surface area (Å²) in [4.78, 5) is 35.2. The Balaban J connectivity index is 1.21. The molecule has 1 N–H and O–H groups in total. The molecule has 0 spiro atoms. The number of alkyl halides is 5. The van der Waals surface area contributed by atoms with Crippen LogP contribution in [0.4, 0.5) is 27.9 Å². The second-order valence-electron chi connectivity index (χ2n) is 8.04. The Labute approximate surface area is 200 Å². The number of hydrogen-bond donors (Lipinski definition) is 1. The van der Waals surface area contributed by atoms with Gasteiger partial charge in [0.05, 0.1) is 42.3 Å². The molecule has 0 aliphatic carbocycles. The minimum Gasteiger partial charge on any atom is -0.379 e. The van der Waals surface area contributed by atoms with Gasteiger partial charge in [0.2, 0.25) is 11.9 Å². The molecular formula is C21H22F5N7O3. The molecule has 1 aliphatic rings. The molecule has 0 radical (unpaired) electrons. The van der Waals surface area contributed by atoms with E-state index in [9.17, 15) is 31.5 Å². The molecule has 3 aromatic rings. The Kier molecular flexibility index (Phi) is 7.47. The molecule has 0 aromatic carbocycles. The SMILES string of the molecule is O=C(CCOCCn1cc(C(F)F)c2c(=O)[nH]ncc21)N1CCN(c2ncc(C(F)(F)F)cn2)CC1. The Bertz CT molecular complexity index is 1250. The maximum absolute atomic E-state index is 13.3. The highest BCUT2D eigenvalue weighted by Crippen LogP contribution is 2.29. The average Bonchev–Trinajstić information content (AvgIpc) is 3.24.